The van der Waals surface area contributed by atoms with Crippen molar-refractivity contribution >= 4 is 23.2 Å². The molecule has 0 saturated heterocycles. The molecular weight excluding hydrogens is 447 g/mol. The van der Waals surface area contributed by atoms with Gasteiger partial charge in [0, 0.05) is 22.8 Å². The first-order chi connectivity index (χ1) is 16.3. The van der Waals surface area contributed by atoms with Gasteiger partial charge in [0.25, 0.3) is 0 Å². The molecule has 0 spiro atoms. The average molecular weight is 481 g/mol. The van der Waals surface area contributed by atoms with E-state index in [0.29, 0.717) is 19.6 Å². The molecule has 180 valence electrons. The number of hydrogen-bond donors (Lipinski definition) is 0. The Hall–Kier alpha value is -2.99. The van der Waals surface area contributed by atoms with Crippen LogP contribution in [-0.2, 0) is 29.1 Å². The molecule has 2 amide bonds. The number of rotatable bonds is 11. The molecule has 0 fully saturated rings. The Morgan fingerprint density at radius 3 is 2.21 bits per heavy atom. The van der Waals surface area contributed by atoms with Crippen LogP contribution in [0.2, 0.25) is 0 Å². The molecule has 6 heteroatoms. The Morgan fingerprint density at radius 2 is 1.59 bits per heavy atom. The molecule has 1 heterocycles. The summed E-state index contributed by atoms with van der Waals surface area (Å²) < 4.78 is 13.4. The fraction of sp³-hybridized carbons (Fsp3) is 0.357. The van der Waals surface area contributed by atoms with E-state index in [1.165, 1.54) is 17.0 Å². The van der Waals surface area contributed by atoms with Crippen LogP contribution in [0.4, 0.5) is 4.39 Å². The lowest BCUT2D eigenvalue weighted by atomic mass is 10.1. The minimum Gasteiger partial charge on any atom is -0.333 e. The Labute approximate surface area is 206 Å². The number of aryl methyl sites for hydroxylation is 1. The summed E-state index contributed by atoms with van der Waals surface area (Å²) in [5.74, 6) is -0.173. The van der Waals surface area contributed by atoms with E-state index in [-0.39, 0.29) is 36.5 Å². The molecular formula is C28H33FN2O2S. The van der Waals surface area contributed by atoms with Crippen molar-refractivity contribution in [1.29, 1.82) is 0 Å². The third-order valence-corrected chi connectivity index (χ3v) is 6.87. The van der Waals surface area contributed by atoms with Gasteiger partial charge in [-0.25, -0.2) is 4.39 Å². The molecule has 0 aliphatic rings. The second-order valence-electron chi connectivity index (χ2n) is 8.84. The third kappa shape index (κ3) is 7.80. The number of carbonyl (C=O) groups excluding carboxylic acids is 2. The number of thiophene rings is 1. The highest BCUT2D eigenvalue weighted by Crippen LogP contribution is 2.19. The van der Waals surface area contributed by atoms with Gasteiger partial charge in [-0.15, -0.1) is 11.3 Å². The molecule has 1 atom stereocenters. The summed E-state index contributed by atoms with van der Waals surface area (Å²) in [4.78, 5) is 32.4. The molecule has 34 heavy (non-hydrogen) atoms. The monoisotopic (exact) mass is 480 g/mol. The topological polar surface area (TPSA) is 40.6 Å². The van der Waals surface area contributed by atoms with Gasteiger partial charge >= 0.3 is 0 Å². The first-order valence-corrected chi connectivity index (χ1v) is 12.5. The molecule has 0 N–H and O–H groups in total. The van der Waals surface area contributed by atoms with Crippen molar-refractivity contribution in [1.82, 2.24) is 9.80 Å². The van der Waals surface area contributed by atoms with Gasteiger partial charge in [-0.1, -0.05) is 62.7 Å². The van der Waals surface area contributed by atoms with E-state index in [4.69, 9.17) is 0 Å². The van der Waals surface area contributed by atoms with E-state index < -0.39 is 0 Å². The Balaban J connectivity index is 1.78. The molecule has 2 aromatic carbocycles. The molecule has 0 saturated carbocycles. The maximum atomic E-state index is 13.5. The first kappa shape index (κ1) is 25.6. The van der Waals surface area contributed by atoms with E-state index in [9.17, 15) is 14.0 Å². The molecule has 0 aliphatic heterocycles. The van der Waals surface area contributed by atoms with Gasteiger partial charge in [0.1, 0.15) is 5.82 Å². The van der Waals surface area contributed by atoms with Crippen molar-refractivity contribution in [2.24, 2.45) is 5.92 Å². The van der Waals surface area contributed by atoms with Crippen LogP contribution in [0.15, 0.2) is 66.7 Å². The largest absolute Gasteiger partial charge is 0.333 e. The Morgan fingerprint density at radius 1 is 0.882 bits per heavy atom. The Kier molecular flexibility index (Phi) is 9.40. The summed E-state index contributed by atoms with van der Waals surface area (Å²) in [6.45, 7) is 7.61. The number of halogens is 1. The molecule has 0 radical (unpaired) electrons. The lowest BCUT2D eigenvalue weighted by molar-refractivity contribution is -0.141. The molecule has 3 aromatic rings. The fourth-order valence-corrected chi connectivity index (χ4v) is 4.61. The number of nitrogens with zero attached hydrogens (tertiary/aromatic N) is 2. The van der Waals surface area contributed by atoms with Crippen LogP contribution < -0.4 is 0 Å². The second kappa shape index (κ2) is 12.5. The Bertz CT molecular complexity index is 1070. The van der Waals surface area contributed by atoms with Crippen molar-refractivity contribution in [3.63, 3.8) is 0 Å². The van der Waals surface area contributed by atoms with Crippen molar-refractivity contribution in [3.8, 4) is 0 Å². The quantitative estimate of drug-likeness (QED) is 0.346. The number of benzene rings is 2. The zero-order valence-electron chi connectivity index (χ0n) is 20.2. The second-order valence-corrected chi connectivity index (χ2v) is 10.2. The maximum absolute atomic E-state index is 13.5. The highest BCUT2D eigenvalue weighted by atomic mass is 32.1. The highest BCUT2D eigenvalue weighted by molar-refractivity contribution is 7.11. The van der Waals surface area contributed by atoms with Crippen LogP contribution in [0.5, 0.6) is 0 Å². The summed E-state index contributed by atoms with van der Waals surface area (Å²) in [5.41, 5.74) is 1.79. The molecule has 0 bridgehead atoms. The zero-order chi connectivity index (χ0) is 24.5. The first-order valence-electron chi connectivity index (χ1n) is 11.7. The van der Waals surface area contributed by atoms with E-state index in [1.54, 1.807) is 33.3 Å². The van der Waals surface area contributed by atoms with Crippen molar-refractivity contribution in [2.45, 2.75) is 46.7 Å². The third-order valence-electron chi connectivity index (χ3n) is 5.89. The minimum atomic E-state index is -0.304. The minimum absolute atomic E-state index is 0.0293. The van der Waals surface area contributed by atoms with Crippen LogP contribution in [-0.4, -0.2) is 34.7 Å². The number of carbonyl (C=O) groups is 2. The van der Waals surface area contributed by atoms with Crippen LogP contribution >= 0.6 is 11.3 Å². The SMILES string of the molecule is CC[C@H](C)CN(CC(=O)N(Cc1ccc(F)cc1)Cc1ccc(C)s1)C(=O)Cc1ccccc1. The molecule has 3 rings (SSSR count). The fourth-order valence-electron chi connectivity index (χ4n) is 3.71. The van der Waals surface area contributed by atoms with Crippen molar-refractivity contribution < 1.29 is 14.0 Å². The van der Waals surface area contributed by atoms with E-state index in [2.05, 4.69) is 13.8 Å². The maximum Gasteiger partial charge on any atom is 0.242 e. The summed E-state index contributed by atoms with van der Waals surface area (Å²) in [7, 11) is 0. The van der Waals surface area contributed by atoms with E-state index in [0.717, 1.165) is 22.4 Å². The van der Waals surface area contributed by atoms with Gasteiger partial charge < -0.3 is 9.80 Å². The smallest absolute Gasteiger partial charge is 0.242 e. The van der Waals surface area contributed by atoms with Crippen LogP contribution in [0.3, 0.4) is 0 Å². The molecule has 1 aromatic heterocycles. The zero-order valence-corrected chi connectivity index (χ0v) is 21.0. The summed E-state index contributed by atoms with van der Waals surface area (Å²) in [6.07, 6.45) is 1.20. The lowest BCUT2D eigenvalue weighted by Gasteiger charge is -2.29. The lowest BCUT2D eigenvalue weighted by Crippen LogP contribution is -2.44. The van der Waals surface area contributed by atoms with Gasteiger partial charge in [-0.05, 0) is 48.2 Å². The van der Waals surface area contributed by atoms with Gasteiger partial charge in [-0.3, -0.25) is 9.59 Å². The predicted octanol–water partition coefficient (Wildman–Crippen LogP) is 5.84. The van der Waals surface area contributed by atoms with Gasteiger partial charge in [0.05, 0.1) is 19.5 Å². The van der Waals surface area contributed by atoms with Gasteiger partial charge in [0.15, 0.2) is 0 Å². The summed E-state index contributed by atoms with van der Waals surface area (Å²) in [5, 5.41) is 0. The average Bonchev–Trinajstić information content (AvgIpc) is 3.24. The predicted molar refractivity (Wildman–Crippen MR) is 136 cm³/mol. The van der Waals surface area contributed by atoms with Crippen molar-refractivity contribution in [2.75, 3.05) is 13.1 Å². The van der Waals surface area contributed by atoms with Gasteiger partial charge in [-0.2, -0.15) is 0 Å². The summed E-state index contributed by atoms with van der Waals surface area (Å²) >= 11 is 1.65. The van der Waals surface area contributed by atoms with E-state index >= 15 is 0 Å². The molecule has 0 unspecified atom stereocenters. The summed E-state index contributed by atoms with van der Waals surface area (Å²) in [6, 6.07) is 19.9. The van der Waals surface area contributed by atoms with Crippen molar-refractivity contribution in [3.05, 3.63) is 93.4 Å². The number of amides is 2. The van der Waals surface area contributed by atoms with Crippen LogP contribution in [0.1, 0.15) is 41.1 Å². The molecule has 4 nitrogen and oxygen atoms in total. The van der Waals surface area contributed by atoms with E-state index in [1.807, 2.05) is 49.4 Å². The standard InChI is InChI=1S/C28H33FN2O2S/c1-4-21(2)17-30(27(32)16-23-8-6-5-7-9-23)20-28(33)31(19-26-15-10-22(3)34-26)18-24-11-13-25(29)14-12-24/h5-15,21H,4,16-20H2,1-3H3/t21-/m0/s1. The number of hydrogen-bond acceptors (Lipinski definition) is 3. The molecule has 0 aliphatic carbocycles. The highest BCUT2D eigenvalue weighted by Gasteiger charge is 2.23. The van der Waals surface area contributed by atoms with Crippen LogP contribution in [0, 0.1) is 18.7 Å². The normalized spacial score (nSPS) is 11.8. The van der Waals surface area contributed by atoms with Crippen LogP contribution in [0.25, 0.3) is 0 Å². The van der Waals surface area contributed by atoms with Gasteiger partial charge in [0.2, 0.25) is 11.8 Å².